The van der Waals surface area contributed by atoms with E-state index in [4.69, 9.17) is 8.83 Å². The van der Waals surface area contributed by atoms with Crippen molar-refractivity contribution in [3.05, 3.63) is 152 Å². The van der Waals surface area contributed by atoms with Crippen LogP contribution in [0.15, 0.2) is 160 Å². The highest BCUT2D eigenvalue weighted by molar-refractivity contribution is 6.22. The van der Waals surface area contributed by atoms with Gasteiger partial charge >= 0.3 is 0 Å². The van der Waals surface area contributed by atoms with Gasteiger partial charge in [-0.1, -0.05) is 91.0 Å². The van der Waals surface area contributed by atoms with E-state index in [-0.39, 0.29) is 0 Å². The lowest BCUT2D eigenvalue weighted by Gasteiger charge is -2.25. The number of anilines is 3. The fourth-order valence-corrected chi connectivity index (χ4v) is 6.50. The van der Waals surface area contributed by atoms with Crippen molar-refractivity contribution in [2.75, 3.05) is 4.90 Å². The molecule has 0 bridgehead atoms. The summed E-state index contributed by atoms with van der Waals surface area (Å²) in [5.41, 5.74) is 9.03. The maximum atomic E-state index is 6.66. The van der Waals surface area contributed by atoms with Crippen LogP contribution in [0.5, 0.6) is 0 Å². The Balaban J connectivity index is 1.27. The molecule has 0 unspecified atom stereocenters. The highest BCUT2D eigenvalue weighted by Gasteiger charge is 2.19. The van der Waals surface area contributed by atoms with Crippen LogP contribution in [0.1, 0.15) is 0 Å². The zero-order valence-electron chi connectivity index (χ0n) is 23.2. The number of benzene rings is 7. The summed E-state index contributed by atoms with van der Waals surface area (Å²) in [7, 11) is 0. The maximum Gasteiger partial charge on any atom is 0.137 e. The second kappa shape index (κ2) is 9.37. The van der Waals surface area contributed by atoms with Crippen LogP contribution in [0.25, 0.3) is 65.8 Å². The fraction of sp³-hybridized carbons (Fsp3) is 0. The number of furan rings is 2. The van der Waals surface area contributed by atoms with Gasteiger partial charge in [0.2, 0.25) is 0 Å². The molecule has 0 aliphatic carbocycles. The van der Waals surface area contributed by atoms with Crippen molar-refractivity contribution in [2.45, 2.75) is 0 Å². The smallest absolute Gasteiger partial charge is 0.137 e. The van der Waals surface area contributed by atoms with Crippen LogP contribution in [0, 0.1) is 0 Å². The van der Waals surface area contributed by atoms with Crippen molar-refractivity contribution < 1.29 is 8.83 Å². The SMILES string of the molecule is c1ccc(-c2cc3oc4cc(N(c5ccccc5)c5ccc6oc7ccccc7c6c5)ccc4c3c3ccccc23)cc1. The molecule has 9 rings (SSSR count). The molecule has 0 saturated heterocycles. The van der Waals surface area contributed by atoms with Crippen LogP contribution in [-0.4, -0.2) is 0 Å². The first-order chi connectivity index (χ1) is 21.3. The van der Waals surface area contributed by atoms with Gasteiger partial charge in [-0.3, -0.25) is 0 Å². The molecule has 202 valence electrons. The molecule has 0 saturated carbocycles. The molecule has 0 radical (unpaired) electrons. The molecule has 9 aromatic rings. The predicted octanol–water partition coefficient (Wildman–Crippen LogP) is 11.8. The van der Waals surface area contributed by atoms with Gasteiger partial charge in [0.05, 0.1) is 0 Å². The second-order valence-electron chi connectivity index (χ2n) is 10.9. The Bertz CT molecular complexity index is 2450. The van der Waals surface area contributed by atoms with Gasteiger partial charge in [-0.05, 0) is 76.5 Å². The normalized spacial score (nSPS) is 11.7. The molecule has 2 aromatic heterocycles. The van der Waals surface area contributed by atoms with Crippen molar-refractivity contribution in [1.82, 2.24) is 0 Å². The highest BCUT2D eigenvalue weighted by Crippen LogP contribution is 2.43. The molecular formula is C40H25NO2. The van der Waals surface area contributed by atoms with Crippen molar-refractivity contribution in [3.63, 3.8) is 0 Å². The Morgan fingerprint density at radius 2 is 0.977 bits per heavy atom. The average molecular weight is 552 g/mol. The monoisotopic (exact) mass is 551 g/mol. The van der Waals surface area contributed by atoms with Gasteiger partial charge < -0.3 is 13.7 Å². The lowest BCUT2D eigenvalue weighted by atomic mass is 9.95. The number of fused-ring (bicyclic) bond motifs is 8. The summed E-state index contributed by atoms with van der Waals surface area (Å²) in [5, 5.41) is 6.88. The quantitative estimate of drug-likeness (QED) is 0.218. The van der Waals surface area contributed by atoms with E-state index < -0.39 is 0 Å². The number of rotatable bonds is 4. The molecule has 3 heteroatoms. The van der Waals surface area contributed by atoms with Gasteiger partial charge in [0, 0.05) is 44.7 Å². The van der Waals surface area contributed by atoms with Gasteiger partial charge in [-0.2, -0.15) is 0 Å². The summed E-state index contributed by atoms with van der Waals surface area (Å²) in [5.74, 6) is 0. The van der Waals surface area contributed by atoms with Crippen LogP contribution in [0.3, 0.4) is 0 Å². The van der Waals surface area contributed by atoms with Crippen LogP contribution in [0.4, 0.5) is 17.1 Å². The van der Waals surface area contributed by atoms with E-state index in [9.17, 15) is 0 Å². The van der Waals surface area contributed by atoms with E-state index >= 15 is 0 Å². The fourth-order valence-electron chi connectivity index (χ4n) is 6.50. The molecule has 7 aromatic carbocycles. The first-order valence-electron chi connectivity index (χ1n) is 14.5. The highest BCUT2D eigenvalue weighted by atomic mass is 16.3. The van der Waals surface area contributed by atoms with Gasteiger partial charge in [0.1, 0.15) is 22.3 Å². The molecule has 0 aliphatic heterocycles. The summed E-state index contributed by atoms with van der Waals surface area (Å²) >= 11 is 0. The van der Waals surface area contributed by atoms with E-state index in [0.29, 0.717) is 0 Å². The second-order valence-corrected chi connectivity index (χ2v) is 10.9. The Kier molecular flexibility index (Phi) is 5.20. The molecule has 0 atom stereocenters. The Hall–Kier alpha value is -5.80. The zero-order valence-corrected chi connectivity index (χ0v) is 23.2. The molecule has 0 amide bonds. The van der Waals surface area contributed by atoms with Gasteiger partial charge in [-0.15, -0.1) is 0 Å². The number of hydrogen-bond donors (Lipinski definition) is 0. The molecule has 0 spiro atoms. The van der Waals surface area contributed by atoms with Crippen molar-refractivity contribution in [2.24, 2.45) is 0 Å². The molecule has 0 aliphatic rings. The Morgan fingerprint density at radius 3 is 1.81 bits per heavy atom. The largest absolute Gasteiger partial charge is 0.456 e. The lowest BCUT2D eigenvalue weighted by Crippen LogP contribution is -2.09. The maximum absolute atomic E-state index is 6.66. The Morgan fingerprint density at radius 1 is 0.349 bits per heavy atom. The topological polar surface area (TPSA) is 29.5 Å². The summed E-state index contributed by atoms with van der Waals surface area (Å²) in [4.78, 5) is 2.28. The number of nitrogens with zero attached hydrogens (tertiary/aromatic N) is 1. The standard InChI is InChI=1S/C40H25NO2/c1-3-11-26(12-4-1)34-25-39-40(32-17-8-7-15-30(32)34)33-21-19-29(24-38(33)43-39)41(27-13-5-2-6-14-27)28-20-22-37-35(23-28)31-16-9-10-18-36(31)42-37/h1-25H. The van der Waals surface area contributed by atoms with Crippen LogP contribution >= 0.6 is 0 Å². The van der Waals surface area contributed by atoms with Crippen LogP contribution in [0.2, 0.25) is 0 Å². The van der Waals surface area contributed by atoms with E-state index in [1.165, 1.54) is 21.9 Å². The van der Waals surface area contributed by atoms with Gasteiger partial charge in [0.15, 0.2) is 0 Å². The predicted molar refractivity (Wildman–Crippen MR) is 179 cm³/mol. The first kappa shape index (κ1) is 23.9. The molecular weight excluding hydrogens is 526 g/mol. The third-order valence-electron chi connectivity index (χ3n) is 8.44. The van der Waals surface area contributed by atoms with E-state index in [1.807, 2.05) is 18.2 Å². The van der Waals surface area contributed by atoms with Crippen molar-refractivity contribution >= 4 is 71.7 Å². The summed E-state index contributed by atoms with van der Waals surface area (Å²) in [6, 6.07) is 53.0. The summed E-state index contributed by atoms with van der Waals surface area (Å²) in [6.45, 7) is 0. The summed E-state index contributed by atoms with van der Waals surface area (Å²) < 4.78 is 12.8. The minimum Gasteiger partial charge on any atom is -0.456 e. The average Bonchev–Trinajstić information content (AvgIpc) is 3.63. The number of hydrogen-bond acceptors (Lipinski definition) is 3. The zero-order chi connectivity index (χ0) is 28.3. The lowest BCUT2D eigenvalue weighted by molar-refractivity contribution is 0.668. The van der Waals surface area contributed by atoms with Gasteiger partial charge in [-0.25, -0.2) is 0 Å². The minimum absolute atomic E-state index is 0.860. The van der Waals surface area contributed by atoms with Crippen molar-refractivity contribution in [3.8, 4) is 11.1 Å². The van der Waals surface area contributed by atoms with E-state index in [0.717, 1.165) is 60.9 Å². The molecule has 3 nitrogen and oxygen atoms in total. The third kappa shape index (κ3) is 3.75. The van der Waals surface area contributed by atoms with Gasteiger partial charge in [0.25, 0.3) is 0 Å². The number of para-hydroxylation sites is 2. The third-order valence-corrected chi connectivity index (χ3v) is 8.44. The minimum atomic E-state index is 0.860. The van der Waals surface area contributed by atoms with E-state index in [2.05, 4.69) is 138 Å². The molecule has 2 heterocycles. The molecule has 0 fully saturated rings. The Labute approximate surface area is 247 Å². The van der Waals surface area contributed by atoms with Crippen molar-refractivity contribution in [1.29, 1.82) is 0 Å². The first-order valence-corrected chi connectivity index (χ1v) is 14.5. The van der Waals surface area contributed by atoms with Crippen LogP contribution < -0.4 is 4.90 Å². The van der Waals surface area contributed by atoms with E-state index in [1.54, 1.807) is 0 Å². The summed E-state index contributed by atoms with van der Waals surface area (Å²) in [6.07, 6.45) is 0. The van der Waals surface area contributed by atoms with Crippen LogP contribution in [-0.2, 0) is 0 Å². The molecule has 43 heavy (non-hydrogen) atoms. The molecule has 0 N–H and O–H groups in total.